The van der Waals surface area contributed by atoms with Crippen LogP contribution < -0.4 is 0 Å². The van der Waals surface area contributed by atoms with Gasteiger partial charge in [0.05, 0.1) is 12.2 Å². The molecular weight excluding hydrogens is 164 g/mol. The summed E-state index contributed by atoms with van der Waals surface area (Å²) in [6.45, 7) is 0.535. The third-order valence-electron chi connectivity index (χ3n) is 2.01. The van der Waals surface area contributed by atoms with Crippen LogP contribution in [0.25, 0.3) is 0 Å². The Hall–Kier alpha value is -1.31. The fourth-order valence-electron chi connectivity index (χ4n) is 1.07. The van der Waals surface area contributed by atoms with E-state index in [9.17, 15) is 4.79 Å². The summed E-state index contributed by atoms with van der Waals surface area (Å²) in [6, 6.07) is 9.07. The normalized spacial score (nSPS) is 15.4. The molecule has 1 aliphatic carbocycles. The molecule has 2 nitrogen and oxygen atoms in total. The highest BCUT2D eigenvalue weighted by molar-refractivity contribution is 5.89. The monoisotopic (exact) mass is 175 g/mol. The molecule has 2 rings (SSSR count). The number of ether oxygens (including phenoxy) is 1. The number of carbonyl (C=O) groups excluding carboxylic acids is 1. The van der Waals surface area contributed by atoms with Gasteiger partial charge in [0.15, 0.2) is 0 Å². The molecule has 1 aromatic carbocycles. The molecule has 0 aliphatic heterocycles. The van der Waals surface area contributed by atoms with E-state index in [4.69, 9.17) is 4.74 Å². The number of carbonyl (C=O) groups is 1. The van der Waals surface area contributed by atoms with Gasteiger partial charge in [0, 0.05) is 0 Å². The molecule has 0 heterocycles. The van der Waals surface area contributed by atoms with E-state index in [1.165, 1.54) is 0 Å². The summed E-state index contributed by atoms with van der Waals surface area (Å²) >= 11 is 0. The maximum absolute atomic E-state index is 11.3. The van der Waals surface area contributed by atoms with E-state index in [1.807, 2.05) is 18.2 Å². The molecule has 1 saturated carbocycles. The molecule has 67 valence electrons. The smallest absolute Gasteiger partial charge is 0.338 e. The zero-order valence-electron chi connectivity index (χ0n) is 7.27. The lowest BCUT2D eigenvalue weighted by molar-refractivity contribution is 0.0490. The fourth-order valence-corrected chi connectivity index (χ4v) is 1.07. The van der Waals surface area contributed by atoms with Crippen molar-refractivity contribution in [2.45, 2.75) is 6.42 Å². The minimum atomic E-state index is -0.221. The van der Waals surface area contributed by atoms with Crippen molar-refractivity contribution in [3.8, 4) is 0 Å². The second-order valence-corrected chi connectivity index (χ2v) is 3.20. The third-order valence-corrected chi connectivity index (χ3v) is 2.01. The van der Waals surface area contributed by atoms with E-state index >= 15 is 0 Å². The highest BCUT2D eigenvalue weighted by Crippen LogP contribution is 2.27. The summed E-state index contributed by atoms with van der Waals surface area (Å²) in [7, 11) is 0. The molecule has 1 radical (unpaired) electrons. The van der Waals surface area contributed by atoms with Gasteiger partial charge in [-0.2, -0.15) is 0 Å². The molecule has 2 heteroatoms. The predicted octanol–water partition coefficient (Wildman–Crippen LogP) is 2.07. The van der Waals surface area contributed by atoms with Crippen molar-refractivity contribution in [3.63, 3.8) is 0 Å². The Morgan fingerprint density at radius 3 is 2.69 bits per heavy atom. The van der Waals surface area contributed by atoms with Crippen LogP contribution in [0.15, 0.2) is 30.3 Å². The molecule has 1 fully saturated rings. The van der Waals surface area contributed by atoms with Crippen LogP contribution in [0.1, 0.15) is 16.8 Å². The Morgan fingerprint density at radius 2 is 2.08 bits per heavy atom. The van der Waals surface area contributed by atoms with Crippen molar-refractivity contribution < 1.29 is 9.53 Å². The molecule has 1 aliphatic rings. The van der Waals surface area contributed by atoms with Crippen LogP contribution >= 0.6 is 0 Å². The van der Waals surface area contributed by atoms with Crippen LogP contribution in [0.3, 0.4) is 0 Å². The Kier molecular flexibility index (Phi) is 2.30. The second-order valence-electron chi connectivity index (χ2n) is 3.20. The summed E-state index contributed by atoms with van der Waals surface area (Å²) in [4.78, 5) is 11.3. The van der Waals surface area contributed by atoms with Crippen LogP contribution in [0, 0.1) is 12.3 Å². The number of esters is 1. The minimum Gasteiger partial charge on any atom is -0.462 e. The SMILES string of the molecule is O=C(OCC1[CH]C1)c1ccccc1. The molecule has 0 amide bonds. The van der Waals surface area contributed by atoms with Gasteiger partial charge in [-0.3, -0.25) is 0 Å². The Labute approximate surface area is 77.5 Å². The van der Waals surface area contributed by atoms with Crippen molar-refractivity contribution in [1.29, 1.82) is 0 Å². The summed E-state index contributed by atoms with van der Waals surface area (Å²) in [5.41, 5.74) is 0.628. The van der Waals surface area contributed by atoms with Crippen LogP contribution in [0.5, 0.6) is 0 Å². The molecule has 0 aromatic heterocycles. The lowest BCUT2D eigenvalue weighted by Gasteiger charge is -2.02. The summed E-state index contributed by atoms with van der Waals surface area (Å²) in [5, 5.41) is 0. The van der Waals surface area contributed by atoms with Gasteiger partial charge in [-0.05, 0) is 30.9 Å². The maximum atomic E-state index is 11.3. The van der Waals surface area contributed by atoms with Gasteiger partial charge in [-0.1, -0.05) is 18.2 Å². The number of hydrogen-bond acceptors (Lipinski definition) is 2. The zero-order valence-corrected chi connectivity index (χ0v) is 7.27. The van der Waals surface area contributed by atoms with Gasteiger partial charge in [0.2, 0.25) is 0 Å². The molecule has 13 heavy (non-hydrogen) atoms. The van der Waals surface area contributed by atoms with Crippen molar-refractivity contribution in [2.75, 3.05) is 6.61 Å². The van der Waals surface area contributed by atoms with Gasteiger partial charge in [0.25, 0.3) is 0 Å². The summed E-state index contributed by atoms with van der Waals surface area (Å²) < 4.78 is 5.08. The first-order valence-electron chi connectivity index (χ1n) is 4.42. The van der Waals surface area contributed by atoms with E-state index in [-0.39, 0.29) is 5.97 Å². The van der Waals surface area contributed by atoms with Crippen LogP contribution in [0.2, 0.25) is 0 Å². The molecule has 1 aromatic rings. The van der Waals surface area contributed by atoms with Crippen molar-refractivity contribution in [2.24, 2.45) is 5.92 Å². The minimum absolute atomic E-state index is 0.221. The molecule has 1 unspecified atom stereocenters. The second kappa shape index (κ2) is 3.60. The Morgan fingerprint density at radius 1 is 1.38 bits per heavy atom. The molecule has 0 saturated heterocycles. The van der Waals surface area contributed by atoms with Crippen LogP contribution in [-0.2, 0) is 4.74 Å². The average Bonchev–Trinajstić information content (AvgIpc) is 2.99. The molecular formula is C11H11O2. The van der Waals surface area contributed by atoms with E-state index < -0.39 is 0 Å². The van der Waals surface area contributed by atoms with Crippen molar-refractivity contribution in [3.05, 3.63) is 42.3 Å². The first-order valence-corrected chi connectivity index (χ1v) is 4.42. The standard InChI is InChI=1S/C11H11O2/c12-11(13-8-9-6-7-9)10-4-2-1-3-5-10/h1-6,9H,7-8H2. The van der Waals surface area contributed by atoms with Crippen molar-refractivity contribution >= 4 is 5.97 Å². The highest BCUT2D eigenvalue weighted by Gasteiger charge is 2.23. The van der Waals surface area contributed by atoms with E-state index in [0.717, 1.165) is 6.42 Å². The largest absolute Gasteiger partial charge is 0.462 e. The number of rotatable bonds is 3. The summed E-state index contributed by atoms with van der Waals surface area (Å²) in [6.07, 6.45) is 3.22. The van der Waals surface area contributed by atoms with Crippen molar-refractivity contribution in [1.82, 2.24) is 0 Å². The Balaban J connectivity index is 1.89. The Bertz CT molecular complexity index is 288. The highest BCUT2D eigenvalue weighted by atomic mass is 16.5. The van der Waals surface area contributed by atoms with E-state index in [2.05, 4.69) is 6.42 Å². The quantitative estimate of drug-likeness (QED) is 0.657. The lowest BCUT2D eigenvalue weighted by Crippen LogP contribution is -2.07. The van der Waals surface area contributed by atoms with E-state index in [0.29, 0.717) is 18.1 Å². The molecule has 0 bridgehead atoms. The molecule has 1 atom stereocenters. The lowest BCUT2D eigenvalue weighted by atomic mass is 10.2. The first-order chi connectivity index (χ1) is 6.36. The van der Waals surface area contributed by atoms with Gasteiger partial charge in [-0.15, -0.1) is 0 Å². The topological polar surface area (TPSA) is 26.3 Å². The van der Waals surface area contributed by atoms with Gasteiger partial charge in [0.1, 0.15) is 0 Å². The zero-order chi connectivity index (χ0) is 9.10. The van der Waals surface area contributed by atoms with Gasteiger partial charge < -0.3 is 4.74 Å². The first kappa shape index (κ1) is 8.30. The average molecular weight is 175 g/mol. The van der Waals surface area contributed by atoms with Crippen LogP contribution in [0.4, 0.5) is 0 Å². The number of benzene rings is 1. The number of hydrogen-bond donors (Lipinski definition) is 0. The fraction of sp³-hybridized carbons (Fsp3) is 0.273. The molecule has 0 spiro atoms. The van der Waals surface area contributed by atoms with Gasteiger partial charge >= 0.3 is 5.97 Å². The summed E-state index contributed by atoms with van der Waals surface area (Å²) in [5.74, 6) is 0.286. The molecule has 0 N–H and O–H groups in total. The maximum Gasteiger partial charge on any atom is 0.338 e. The van der Waals surface area contributed by atoms with Gasteiger partial charge in [-0.25, -0.2) is 4.79 Å². The van der Waals surface area contributed by atoms with Crippen LogP contribution in [-0.4, -0.2) is 12.6 Å². The van der Waals surface area contributed by atoms with E-state index in [1.54, 1.807) is 12.1 Å². The predicted molar refractivity (Wildman–Crippen MR) is 49.1 cm³/mol. The third kappa shape index (κ3) is 2.31.